The zero-order valence-corrected chi connectivity index (χ0v) is 7.94. The van der Waals surface area contributed by atoms with Crippen LogP contribution in [0.1, 0.15) is 5.69 Å². The molecule has 0 spiro atoms. The van der Waals surface area contributed by atoms with E-state index in [1.807, 2.05) is 4.94 Å². The molecule has 0 aliphatic heterocycles. The molecule has 66 valence electrons. The van der Waals surface area contributed by atoms with Gasteiger partial charge in [0.15, 0.2) is 0 Å². The van der Waals surface area contributed by atoms with E-state index in [-0.39, 0.29) is 20.9 Å². The Labute approximate surface area is 75.1 Å². The Morgan fingerprint density at radius 3 is 2.92 bits per heavy atom. The molecule has 0 saturated carbocycles. The predicted octanol–water partition coefficient (Wildman–Crippen LogP) is -1.32. The molecule has 5 N–H and O–H groups in total. The van der Waals surface area contributed by atoms with E-state index in [2.05, 4.69) is 4.98 Å². The van der Waals surface area contributed by atoms with Gasteiger partial charge >= 0.3 is 74.6 Å². The maximum atomic E-state index is 10.3. The number of aromatic nitrogens is 1. The Hall–Kier alpha value is -0.841. The number of nitrogen functional groups attached to an aromatic ring is 1. The van der Waals surface area contributed by atoms with E-state index in [1.54, 1.807) is 0 Å². The van der Waals surface area contributed by atoms with Gasteiger partial charge < -0.3 is 0 Å². The maximum absolute atomic E-state index is 10.3. The SMILES string of the molecule is Nc1nc(C[C@H](N)C(=O)O)c[se]1. The second-order valence-electron chi connectivity index (χ2n) is 2.33. The predicted molar refractivity (Wildman–Crippen MR) is 44.9 cm³/mol. The topological polar surface area (TPSA) is 102 Å². The second-order valence-corrected chi connectivity index (χ2v) is 4.19. The number of carboxylic acid groups (broad SMARTS) is 1. The summed E-state index contributed by atoms with van der Waals surface area (Å²) in [6.07, 6.45) is 0.262. The van der Waals surface area contributed by atoms with Gasteiger partial charge in [0, 0.05) is 0 Å². The van der Waals surface area contributed by atoms with Gasteiger partial charge in [0.25, 0.3) is 0 Å². The van der Waals surface area contributed by atoms with Crippen molar-refractivity contribution in [2.24, 2.45) is 5.73 Å². The van der Waals surface area contributed by atoms with Gasteiger partial charge in [0.05, 0.1) is 0 Å². The number of hydrogen-bond acceptors (Lipinski definition) is 4. The van der Waals surface area contributed by atoms with Crippen LogP contribution in [0.4, 0.5) is 4.69 Å². The van der Waals surface area contributed by atoms with Crippen molar-refractivity contribution in [3.05, 3.63) is 10.6 Å². The van der Waals surface area contributed by atoms with Crippen molar-refractivity contribution in [2.75, 3.05) is 5.73 Å². The standard InChI is InChI=1S/C6H9N3O2Se/c7-4(5(10)11)1-3-2-12-6(8)9-3/h2,4H,1,7H2,(H2,8,9)(H,10,11)/t4-/m0/s1. The second kappa shape index (κ2) is 3.71. The molecule has 0 amide bonds. The summed E-state index contributed by atoms with van der Waals surface area (Å²) in [6, 6.07) is -0.873. The Kier molecular flexibility index (Phi) is 2.86. The summed E-state index contributed by atoms with van der Waals surface area (Å²) in [6.45, 7) is 0. The normalized spacial score (nSPS) is 12.8. The average Bonchev–Trinajstić information content (AvgIpc) is 2.35. The first-order chi connectivity index (χ1) is 5.59. The molecule has 0 saturated heterocycles. The van der Waals surface area contributed by atoms with Gasteiger partial charge in [0.2, 0.25) is 0 Å². The van der Waals surface area contributed by atoms with Crippen molar-refractivity contribution in [2.45, 2.75) is 12.5 Å². The van der Waals surface area contributed by atoms with Crippen molar-refractivity contribution < 1.29 is 9.90 Å². The molecule has 1 rings (SSSR count). The number of aliphatic carboxylic acids is 1. The molecule has 0 bridgehead atoms. The fraction of sp³-hybridized carbons (Fsp3) is 0.333. The molecule has 6 heteroatoms. The number of hydrogen-bond donors (Lipinski definition) is 3. The Balaban J connectivity index is 2.58. The summed E-state index contributed by atoms with van der Waals surface area (Å²) >= 11 is 0.0908. The molecule has 0 radical (unpaired) electrons. The minimum atomic E-state index is -1.01. The van der Waals surface area contributed by atoms with Crippen LogP contribution in [0.3, 0.4) is 0 Å². The Morgan fingerprint density at radius 2 is 2.50 bits per heavy atom. The monoisotopic (exact) mass is 235 g/mol. The molecule has 0 fully saturated rings. The van der Waals surface area contributed by atoms with Gasteiger partial charge in [-0.15, -0.1) is 0 Å². The molecule has 1 aromatic heterocycles. The first kappa shape index (κ1) is 9.25. The van der Waals surface area contributed by atoms with Crippen LogP contribution >= 0.6 is 0 Å². The number of rotatable bonds is 3. The van der Waals surface area contributed by atoms with Crippen LogP contribution in [0, 0.1) is 0 Å². The van der Waals surface area contributed by atoms with E-state index in [9.17, 15) is 4.79 Å². The molecule has 0 aliphatic rings. The van der Waals surface area contributed by atoms with E-state index >= 15 is 0 Å². The van der Waals surface area contributed by atoms with E-state index in [4.69, 9.17) is 16.6 Å². The van der Waals surface area contributed by atoms with Crippen LogP contribution in [-0.2, 0) is 11.2 Å². The van der Waals surface area contributed by atoms with E-state index in [0.717, 1.165) is 0 Å². The molecule has 12 heavy (non-hydrogen) atoms. The van der Waals surface area contributed by atoms with Gasteiger partial charge in [-0.2, -0.15) is 0 Å². The van der Waals surface area contributed by atoms with E-state index < -0.39 is 12.0 Å². The van der Waals surface area contributed by atoms with E-state index in [1.165, 1.54) is 0 Å². The van der Waals surface area contributed by atoms with Gasteiger partial charge in [0.1, 0.15) is 0 Å². The minimum absolute atomic E-state index is 0.0908. The van der Waals surface area contributed by atoms with Crippen LogP contribution in [0.15, 0.2) is 4.94 Å². The van der Waals surface area contributed by atoms with Crippen molar-refractivity contribution in [1.82, 2.24) is 4.98 Å². The van der Waals surface area contributed by atoms with Gasteiger partial charge in [-0.3, -0.25) is 0 Å². The fourth-order valence-corrected chi connectivity index (χ4v) is 1.94. The first-order valence-corrected chi connectivity index (χ1v) is 5.12. The van der Waals surface area contributed by atoms with Gasteiger partial charge in [-0.1, -0.05) is 0 Å². The summed E-state index contributed by atoms with van der Waals surface area (Å²) < 4.78 is 0.579. The zero-order chi connectivity index (χ0) is 9.14. The molecule has 1 atom stereocenters. The molecule has 1 heterocycles. The van der Waals surface area contributed by atoms with Crippen molar-refractivity contribution in [3.8, 4) is 0 Å². The summed E-state index contributed by atoms with van der Waals surface area (Å²) in [7, 11) is 0. The number of nitrogens with zero attached hydrogens (tertiary/aromatic N) is 1. The van der Waals surface area contributed by atoms with Gasteiger partial charge in [-0.05, 0) is 0 Å². The summed E-state index contributed by atoms with van der Waals surface area (Å²) in [5.74, 6) is -1.01. The number of nitrogens with two attached hydrogens (primary N) is 2. The average molecular weight is 234 g/mol. The van der Waals surface area contributed by atoms with Gasteiger partial charge in [-0.25, -0.2) is 0 Å². The van der Waals surface area contributed by atoms with Crippen LogP contribution < -0.4 is 11.5 Å². The Morgan fingerprint density at radius 1 is 1.83 bits per heavy atom. The van der Waals surface area contributed by atoms with Crippen LogP contribution in [-0.4, -0.2) is 36.6 Å². The Bertz CT molecular complexity index is 286. The number of anilines is 1. The first-order valence-electron chi connectivity index (χ1n) is 3.28. The molecular weight excluding hydrogens is 225 g/mol. The summed E-state index contributed by atoms with van der Waals surface area (Å²) in [5, 5.41) is 8.48. The molecule has 0 aliphatic carbocycles. The quantitative estimate of drug-likeness (QED) is 0.562. The molecule has 5 nitrogen and oxygen atoms in total. The van der Waals surface area contributed by atoms with Crippen LogP contribution in [0.25, 0.3) is 0 Å². The fourth-order valence-electron chi connectivity index (χ4n) is 0.729. The summed E-state index contributed by atoms with van der Waals surface area (Å²) in [5.41, 5.74) is 11.4. The molecular formula is C6H9N3O2Se. The van der Waals surface area contributed by atoms with Crippen molar-refractivity contribution >= 4 is 25.2 Å². The number of carbonyl (C=O) groups is 1. The van der Waals surface area contributed by atoms with Crippen molar-refractivity contribution in [3.63, 3.8) is 0 Å². The summed E-state index contributed by atoms with van der Waals surface area (Å²) in [4.78, 5) is 16.1. The third kappa shape index (κ3) is 2.34. The van der Waals surface area contributed by atoms with Crippen LogP contribution in [0.5, 0.6) is 0 Å². The third-order valence-electron chi connectivity index (χ3n) is 1.32. The third-order valence-corrected chi connectivity index (χ3v) is 2.83. The molecule has 0 unspecified atom stereocenters. The zero-order valence-electron chi connectivity index (χ0n) is 6.23. The van der Waals surface area contributed by atoms with Crippen LogP contribution in [0.2, 0.25) is 0 Å². The van der Waals surface area contributed by atoms with Crippen molar-refractivity contribution in [1.29, 1.82) is 0 Å². The molecule has 0 aromatic carbocycles. The van der Waals surface area contributed by atoms with E-state index in [0.29, 0.717) is 10.4 Å². The molecule has 1 aromatic rings. The number of carboxylic acids is 1.